The Morgan fingerprint density at radius 2 is 1.78 bits per heavy atom. The fraction of sp³-hybridized carbons (Fsp3) is 0.400. The van der Waals surface area contributed by atoms with Crippen molar-refractivity contribution in [1.29, 1.82) is 0 Å². The van der Waals surface area contributed by atoms with Crippen molar-refractivity contribution in [1.82, 2.24) is 4.31 Å². The number of amides is 1. The van der Waals surface area contributed by atoms with Gasteiger partial charge in [0.2, 0.25) is 15.9 Å². The molecule has 7 heteroatoms. The van der Waals surface area contributed by atoms with Crippen LogP contribution >= 0.6 is 0 Å². The molecule has 0 spiro atoms. The van der Waals surface area contributed by atoms with Crippen molar-refractivity contribution in [2.75, 3.05) is 24.5 Å². The summed E-state index contributed by atoms with van der Waals surface area (Å²) in [6, 6.07) is 9.43. The quantitative estimate of drug-likeness (QED) is 0.565. The largest absolute Gasteiger partial charge is 0.464 e. The van der Waals surface area contributed by atoms with E-state index in [2.05, 4.69) is 12.1 Å². The highest BCUT2D eigenvalue weighted by atomic mass is 32.2. The first-order valence-electron chi connectivity index (χ1n) is 11.4. The average Bonchev–Trinajstić information content (AvgIpc) is 3.50. The van der Waals surface area contributed by atoms with Crippen LogP contribution in [0.2, 0.25) is 0 Å². The van der Waals surface area contributed by atoms with Crippen LogP contribution in [0.4, 0.5) is 5.69 Å². The highest BCUT2D eigenvalue weighted by molar-refractivity contribution is 7.89. The van der Waals surface area contributed by atoms with Crippen LogP contribution in [0.25, 0.3) is 11.0 Å². The van der Waals surface area contributed by atoms with E-state index >= 15 is 0 Å². The molecule has 0 N–H and O–H groups in total. The Bertz CT molecular complexity index is 1300. The molecule has 168 valence electrons. The number of hydrogen-bond acceptors (Lipinski definition) is 4. The number of fused-ring (bicyclic) bond motifs is 3. The molecule has 0 saturated heterocycles. The fourth-order valence-corrected chi connectivity index (χ4v) is 6.56. The first-order valence-corrected chi connectivity index (χ1v) is 12.8. The van der Waals surface area contributed by atoms with E-state index in [4.69, 9.17) is 4.42 Å². The fourth-order valence-electron chi connectivity index (χ4n) is 5.05. The molecule has 6 nitrogen and oxygen atoms in total. The van der Waals surface area contributed by atoms with Gasteiger partial charge in [-0.25, -0.2) is 8.42 Å². The SMILES string of the molecule is CCN(CC)S(=O)(=O)c1ccc2c(c1)CCN2C(=O)Cc1coc2cc3c(cc12)CCC3. The number of sulfonamides is 1. The van der Waals surface area contributed by atoms with E-state index in [1.807, 2.05) is 13.8 Å². The second kappa shape index (κ2) is 8.05. The van der Waals surface area contributed by atoms with Crippen LogP contribution in [0.5, 0.6) is 0 Å². The number of rotatable bonds is 6. The average molecular weight is 453 g/mol. The topological polar surface area (TPSA) is 70.8 Å². The predicted molar refractivity (Wildman–Crippen MR) is 125 cm³/mol. The lowest BCUT2D eigenvalue weighted by molar-refractivity contribution is -0.117. The van der Waals surface area contributed by atoms with Gasteiger partial charge in [-0.15, -0.1) is 0 Å². The molecule has 0 unspecified atom stereocenters. The van der Waals surface area contributed by atoms with Gasteiger partial charge in [0.1, 0.15) is 5.58 Å². The Morgan fingerprint density at radius 1 is 1.03 bits per heavy atom. The maximum Gasteiger partial charge on any atom is 0.243 e. The van der Waals surface area contributed by atoms with Crippen LogP contribution in [0, 0.1) is 0 Å². The minimum Gasteiger partial charge on any atom is -0.464 e. The minimum atomic E-state index is -3.51. The van der Waals surface area contributed by atoms with Gasteiger partial charge >= 0.3 is 0 Å². The Morgan fingerprint density at radius 3 is 2.53 bits per heavy atom. The van der Waals surface area contributed by atoms with E-state index in [0.717, 1.165) is 40.6 Å². The molecule has 0 saturated carbocycles. The number of furan rings is 1. The molecule has 2 aliphatic rings. The van der Waals surface area contributed by atoms with Crippen molar-refractivity contribution < 1.29 is 17.6 Å². The molecule has 1 aromatic heterocycles. The summed E-state index contributed by atoms with van der Waals surface area (Å²) in [5.41, 5.74) is 6.19. The number of carbonyl (C=O) groups is 1. The highest BCUT2D eigenvalue weighted by Gasteiger charge is 2.29. The highest BCUT2D eigenvalue weighted by Crippen LogP contribution is 2.34. The first-order chi connectivity index (χ1) is 15.4. The molecule has 1 aliphatic heterocycles. The molecule has 32 heavy (non-hydrogen) atoms. The van der Waals surface area contributed by atoms with Crippen molar-refractivity contribution >= 4 is 32.6 Å². The third-order valence-corrected chi connectivity index (χ3v) is 8.85. The lowest BCUT2D eigenvalue weighted by atomic mass is 10.0. The van der Waals surface area contributed by atoms with Crippen LogP contribution in [-0.4, -0.2) is 38.3 Å². The zero-order valence-corrected chi connectivity index (χ0v) is 19.4. The van der Waals surface area contributed by atoms with Gasteiger partial charge in [0.25, 0.3) is 0 Å². The van der Waals surface area contributed by atoms with Crippen LogP contribution < -0.4 is 4.90 Å². The molecule has 1 aliphatic carbocycles. The van der Waals surface area contributed by atoms with E-state index < -0.39 is 10.0 Å². The number of hydrogen-bond donors (Lipinski definition) is 0. The molecule has 0 bridgehead atoms. The molecule has 0 atom stereocenters. The molecule has 0 fully saturated rings. The van der Waals surface area contributed by atoms with Gasteiger partial charge in [-0.3, -0.25) is 4.79 Å². The molecular weight excluding hydrogens is 424 g/mol. The zero-order valence-electron chi connectivity index (χ0n) is 18.6. The summed E-state index contributed by atoms with van der Waals surface area (Å²) in [4.78, 5) is 15.3. The van der Waals surface area contributed by atoms with Gasteiger partial charge in [0, 0.05) is 36.3 Å². The number of anilines is 1. The van der Waals surface area contributed by atoms with Crippen molar-refractivity contribution in [3.63, 3.8) is 0 Å². The summed E-state index contributed by atoms with van der Waals surface area (Å²) >= 11 is 0. The second-order valence-electron chi connectivity index (χ2n) is 8.58. The first kappa shape index (κ1) is 21.2. The standard InChI is InChI=1S/C25H28N2O4S/c1-3-26(4-2)32(29,30)21-8-9-23-19(12-21)10-11-27(23)25(28)15-20-16-31-24-14-18-7-5-6-17(18)13-22(20)24/h8-9,12-14,16H,3-7,10-11,15H2,1-2H3. The van der Waals surface area contributed by atoms with Gasteiger partial charge in [-0.1, -0.05) is 13.8 Å². The Hall–Kier alpha value is -2.64. The minimum absolute atomic E-state index is 0.00583. The smallest absolute Gasteiger partial charge is 0.243 e. The summed E-state index contributed by atoms with van der Waals surface area (Å²) in [7, 11) is -3.51. The summed E-state index contributed by atoms with van der Waals surface area (Å²) < 4.78 is 32.9. The third-order valence-electron chi connectivity index (χ3n) is 6.80. The Kier molecular flexibility index (Phi) is 5.34. The van der Waals surface area contributed by atoms with Crippen molar-refractivity contribution in [2.45, 2.75) is 50.8 Å². The van der Waals surface area contributed by atoms with Gasteiger partial charge in [-0.05, 0) is 72.7 Å². The number of benzene rings is 2. The maximum absolute atomic E-state index is 13.2. The molecule has 2 heterocycles. The van der Waals surface area contributed by atoms with E-state index in [1.54, 1.807) is 29.4 Å². The van der Waals surface area contributed by atoms with Gasteiger partial charge < -0.3 is 9.32 Å². The summed E-state index contributed by atoms with van der Waals surface area (Å²) in [6.07, 6.45) is 5.98. The van der Waals surface area contributed by atoms with Gasteiger partial charge in [0.05, 0.1) is 17.6 Å². The third kappa shape index (κ3) is 3.44. The number of aryl methyl sites for hydroxylation is 2. The summed E-state index contributed by atoms with van der Waals surface area (Å²) in [5, 5.41) is 1.03. The van der Waals surface area contributed by atoms with Crippen molar-refractivity contribution in [3.05, 3.63) is 58.8 Å². The monoisotopic (exact) mass is 452 g/mol. The Balaban J connectivity index is 1.39. The van der Waals surface area contributed by atoms with Crippen LogP contribution in [0.15, 0.2) is 45.9 Å². The maximum atomic E-state index is 13.2. The predicted octanol–water partition coefficient (Wildman–Crippen LogP) is 4.08. The van der Waals surface area contributed by atoms with E-state index in [-0.39, 0.29) is 12.3 Å². The number of carbonyl (C=O) groups excluding carboxylic acids is 1. The molecule has 1 amide bonds. The lowest BCUT2D eigenvalue weighted by Crippen LogP contribution is -2.31. The van der Waals surface area contributed by atoms with E-state index in [9.17, 15) is 13.2 Å². The molecule has 5 rings (SSSR count). The normalized spacial score (nSPS) is 15.5. The van der Waals surface area contributed by atoms with Crippen LogP contribution in [0.3, 0.4) is 0 Å². The van der Waals surface area contributed by atoms with Gasteiger partial charge in [0.15, 0.2) is 0 Å². The zero-order chi connectivity index (χ0) is 22.5. The number of nitrogens with zero attached hydrogens (tertiary/aromatic N) is 2. The Labute approximate surface area is 188 Å². The molecule has 3 aromatic rings. The van der Waals surface area contributed by atoms with Crippen molar-refractivity contribution in [2.24, 2.45) is 0 Å². The summed E-state index contributed by atoms with van der Waals surface area (Å²) in [6.45, 7) is 5.10. The molecule has 2 aromatic carbocycles. The summed E-state index contributed by atoms with van der Waals surface area (Å²) in [5.74, 6) is 0.00583. The second-order valence-corrected chi connectivity index (χ2v) is 10.5. The van der Waals surface area contributed by atoms with Crippen LogP contribution in [-0.2, 0) is 40.5 Å². The molecule has 0 radical (unpaired) electrons. The molecular formula is C25H28N2O4S. The van der Waals surface area contributed by atoms with Gasteiger partial charge in [-0.2, -0.15) is 4.31 Å². The van der Waals surface area contributed by atoms with Crippen LogP contribution in [0.1, 0.15) is 42.5 Å². The van der Waals surface area contributed by atoms with E-state index in [1.165, 1.54) is 21.9 Å². The van der Waals surface area contributed by atoms with E-state index in [0.29, 0.717) is 31.0 Å². The lowest BCUT2D eigenvalue weighted by Gasteiger charge is -2.20. The van der Waals surface area contributed by atoms with Crippen molar-refractivity contribution in [3.8, 4) is 0 Å².